The molecule has 0 saturated heterocycles. The van der Waals surface area contributed by atoms with Crippen LogP contribution in [0.1, 0.15) is 11.1 Å². The summed E-state index contributed by atoms with van der Waals surface area (Å²) in [6.45, 7) is 0.753. The van der Waals surface area contributed by atoms with E-state index in [-0.39, 0.29) is 0 Å². The molecule has 0 bridgehead atoms. The second kappa shape index (κ2) is 5.87. The molecule has 4 nitrogen and oxygen atoms in total. The first-order chi connectivity index (χ1) is 9.22. The van der Waals surface area contributed by atoms with E-state index in [0.29, 0.717) is 5.56 Å². The van der Waals surface area contributed by atoms with Gasteiger partial charge in [0.2, 0.25) is 0 Å². The summed E-state index contributed by atoms with van der Waals surface area (Å²) in [5.74, 6) is 1.69. The molecule has 1 aromatic heterocycles. The number of hydrogen-bond donors (Lipinski definition) is 0. The van der Waals surface area contributed by atoms with Crippen LogP contribution in [0.5, 0.6) is 5.75 Å². The molecule has 0 aliphatic rings. The fourth-order valence-corrected chi connectivity index (χ4v) is 1.76. The van der Waals surface area contributed by atoms with Crippen LogP contribution in [0.2, 0.25) is 0 Å². The second-order valence-electron chi connectivity index (χ2n) is 4.22. The highest BCUT2D eigenvalue weighted by Crippen LogP contribution is 2.16. The largest absolute Gasteiger partial charge is 0.497 e. The van der Waals surface area contributed by atoms with E-state index in [4.69, 9.17) is 10.00 Å². The van der Waals surface area contributed by atoms with Gasteiger partial charge in [-0.3, -0.25) is 0 Å². The van der Waals surface area contributed by atoms with Crippen molar-refractivity contribution in [1.29, 1.82) is 5.26 Å². The minimum atomic E-state index is 0.571. The zero-order valence-electron chi connectivity index (χ0n) is 11.0. The van der Waals surface area contributed by atoms with Gasteiger partial charge in [0.05, 0.1) is 12.7 Å². The number of benzene rings is 1. The maximum atomic E-state index is 8.74. The van der Waals surface area contributed by atoms with Gasteiger partial charge < -0.3 is 9.64 Å². The molecule has 0 N–H and O–H groups in total. The molecule has 0 amide bonds. The molecular weight excluding hydrogens is 238 g/mol. The minimum absolute atomic E-state index is 0.571. The first kappa shape index (κ1) is 12.9. The molecule has 0 radical (unpaired) electrons. The molecule has 0 saturated carbocycles. The van der Waals surface area contributed by atoms with Gasteiger partial charge in [0.25, 0.3) is 0 Å². The van der Waals surface area contributed by atoms with Gasteiger partial charge in [-0.05, 0) is 29.8 Å². The Labute approximate surface area is 112 Å². The van der Waals surface area contributed by atoms with Gasteiger partial charge in [0.1, 0.15) is 17.6 Å². The molecule has 0 aliphatic carbocycles. The summed E-state index contributed by atoms with van der Waals surface area (Å²) in [5, 5.41) is 8.74. The molecule has 0 atom stereocenters. The highest BCUT2D eigenvalue weighted by atomic mass is 16.5. The number of nitriles is 1. The minimum Gasteiger partial charge on any atom is -0.497 e. The Morgan fingerprint density at radius 2 is 1.95 bits per heavy atom. The summed E-state index contributed by atoms with van der Waals surface area (Å²) in [5.41, 5.74) is 1.75. The summed E-state index contributed by atoms with van der Waals surface area (Å²) in [6.07, 6.45) is 1.58. The van der Waals surface area contributed by atoms with Crippen molar-refractivity contribution in [1.82, 2.24) is 4.98 Å². The van der Waals surface area contributed by atoms with Crippen LogP contribution in [-0.2, 0) is 6.54 Å². The van der Waals surface area contributed by atoms with E-state index >= 15 is 0 Å². The highest BCUT2D eigenvalue weighted by Gasteiger charge is 2.04. The average Bonchev–Trinajstić information content (AvgIpc) is 2.48. The predicted octanol–water partition coefficient (Wildman–Crippen LogP) is 2.60. The van der Waals surface area contributed by atoms with E-state index in [0.717, 1.165) is 18.1 Å². The summed E-state index contributed by atoms with van der Waals surface area (Å²) >= 11 is 0. The Hall–Kier alpha value is -2.54. The number of rotatable bonds is 4. The third kappa shape index (κ3) is 3.23. The molecule has 2 rings (SSSR count). The number of nitrogens with zero attached hydrogens (tertiary/aromatic N) is 3. The lowest BCUT2D eigenvalue weighted by Crippen LogP contribution is -2.17. The van der Waals surface area contributed by atoms with E-state index in [1.165, 1.54) is 5.56 Å². The Morgan fingerprint density at radius 1 is 1.21 bits per heavy atom. The van der Waals surface area contributed by atoms with E-state index in [1.54, 1.807) is 19.4 Å². The SMILES string of the molecule is COc1ccc(CN(C)c2ccc(C#N)cn2)cc1. The molecule has 2 aromatic rings. The van der Waals surface area contributed by atoms with Gasteiger partial charge in [-0.2, -0.15) is 5.26 Å². The van der Waals surface area contributed by atoms with Crippen LogP contribution in [0.3, 0.4) is 0 Å². The number of methoxy groups -OCH3 is 1. The first-order valence-electron chi connectivity index (χ1n) is 5.93. The summed E-state index contributed by atoms with van der Waals surface area (Å²) < 4.78 is 5.13. The van der Waals surface area contributed by atoms with Crippen LogP contribution in [0.15, 0.2) is 42.6 Å². The van der Waals surface area contributed by atoms with Gasteiger partial charge in [-0.15, -0.1) is 0 Å². The molecule has 96 valence electrons. The maximum Gasteiger partial charge on any atom is 0.128 e. The topological polar surface area (TPSA) is 49.1 Å². The van der Waals surface area contributed by atoms with E-state index in [9.17, 15) is 0 Å². The number of pyridine rings is 1. The van der Waals surface area contributed by atoms with Crippen LogP contribution >= 0.6 is 0 Å². The summed E-state index contributed by atoms with van der Waals surface area (Å²) in [6, 6.07) is 13.6. The zero-order chi connectivity index (χ0) is 13.7. The Balaban J connectivity index is 2.06. The third-order valence-corrected chi connectivity index (χ3v) is 2.85. The Bertz CT molecular complexity index is 570. The second-order valence-corrected chi connectivity index (χ2v) is 4.22. The molecule has 0 unspecified atom stereocenters. The number of hydrogen-bond acceptors (Lipinski definition) is 4. The van der Waals surface area contributed by atoms with Gasteiger partial charge in [0, 0.05) is 19.8 Å². The lowest BCUT2D eigenvalue weighted by Gasteiger charge is -2.18. The molecule has 0 spiro atoms. The molecular formula is C15H15N3O. The van der Waals surface area contributed by atoms with Gasteiger partial charge >= 0.3 is 0 Å². The quantitative estimate of drug-likeness (QED) is 0.840. The van der Waals surface area contributed by atoms with E-state index < -0.39 is 0 Å². The smallest absolute Gasteiger partial charge is 0.128 e. The van der Waals surface area contributed by atoms with Crippen molar-refractivity contribution in [2.24, 2.45) is 0 Å². The standard InChI is InChI=1S/C15H15N3O/c1-18(15-8-5-13(9-16)10-17-15)11-12-3-6-14(19-2)7-4-12/h3-8,10H,11H2,1-2H3. The van der Waals surface area contributed by atoms with Gasteiger partial charge in [0.15, 0.2) is 0 Å². The van der Waals surface area contributed by atoms with Gasteiger partial charge in [-0.25, -0.2) is 4.98 Å². The number of aromatic nitrogens is 1. The van der Waals surface area contributed by atoms with Crippen molar-refractivity contribution in [2.75, 3.05) is 19.1 Å². The Morgan fingerprint density at radius 3 is 2.47 bits per heavy atom. The van der Waals surface area contributed by atoms with Crippen molar-refractivity contribution < 1.29 is 4.74 Å². The zero-order valence-corrected chi connectivity index (χ0v) is 11.0. The van der Waals surface area contributed by atoms with Crippen molar-refractivity contribution in [3.05, 3.63) is 53.7 Å². The van der Waals surface area contributed by atoms with Crippen LogP contribution in [0, 0.1) is 11.3 Å². The van der Waals surface area contributed by atoms with Crippen molar-refractivity contribution in [2.45, 2.75) is 6.54 Å². The fraction of sp³-hybridized carbons (Fsp3) is 0.200. The van der Waals surface area contributed by atoms with E-state index in [1.807, 2.05) is 42.3 Å². The molecule has 1 heterocycles. The van der Waals surface area contributed by atoms with Crippen molar-refractivity contribution in [3.63, 3.8) is 0 Å². The molecule has 0 fully saturated rings. The Kier molecular flexibility index (Phi) is 3.99. The highest BCUT2D eigenvalue weighted by molar-refractivity contribution is 5.42. The maximum absolute atomic E-state index is 8.74. The number of ether oxygens (including phenoxy) is 1. The summed E-state index contributed by atoms with van der Waals surface area (Å²) in [7, 11) is 3.63. The summed E-state index contributed by atoms with van der Waals surface area (Å²) in [4.78, 5) is 6.29. The first-order valence-corrected chi connectivity index (χ1v) is 5.93. The van der Waals surface area contributed by atoms with E-state index in [2.05, 4.69) is 11.1 Å². The molecule has 4 heteroatoms. The monoisotopic (exact) mass is 253 g/mol. The lowest BCUT2D eigenvalue weighted by molar-refractivity contribution is 0.414. The van der Waals surface area contributed by atoms with Crippen molar-refractivity contribution in [3.8, 4) is 11.8 Å². The van der Waals surface area contributed by atoms with Crippen LogP contribution in [0.4, 0.5) is 5.82 Å². The van der Waals surface area contributed by atoms with Crippen LogP contribution < -0.4 is 9.64 Å². The lowest BCUT2D eigenvalue weighted by atomic mass is 10.2. The molecule has 0 aliphatic heterocycles. The normalized spacial score (nSPS) is 9.74. The predicted molar refractivity (Wildman–Crippen MR) is 74.1 cm³/mol. The third-order valence-electron chi connectivity index (χ3n) is 2.85. The van der Waals surface area contributed by atoms with Gasteiger partial charge in [-0.1, -0.05) is 12.1 Å². The van der Waals surface area contributed by atoms with Crippen LogP contribution in [-0.4, -0.2) is 19.1 Å². The fourth-order valence-electron chi connectivity index (χ4n) is 1.76. The average molecular weight is 253 g/mol. The molecule has 19 heavy (non-hydrogen) atoms. The van der Waals surface area contributed by atoms with Crippen LogP contribution in [0.25, 0.3) is 0 Å². The molecule has 1 aromatic carbocycles. The van der Waals surface area contributed by atoms with Crippen molar-refractivity contribution >= 4 is 5.82 Å². The number of anilines is 1.